The van der Waals surface area contributed by atoms with Crippen LogP contribution < -0.4 is 5.32 Å². The summed E-state index contributed by atoms with van der Waals surface area (Å²) in [5.41, 5.74) is 3.82. The predicted molar refractivity (Wildman–Crippen MR) is 84.9 cm³/mol. The molecule has 1 unspecified atom stereocenters. The molecule has 0 saturated heterocycles. The SMILES string of the molecule is CCCNC(c1cc(C)ccc1F)c1ncccc1CC. The molecule has 0 amide bonds. The number of benzene rings is 1. The summed E-state index contributed by atoms with van der Waals surface area (Å²) in [5, 5.41) is 3.44. The van der Waals surface area contributed by atoms with Gasteiger partial charge in [0, 0.05) is 11.8 Å². The van der Waals surface area contributed by atoms with E-state index < -0.39 is 0 Å². The number of nitrogens with one attached hydrogen (secondary N) is 1. The van der Waals surface area contributed by atoms with Gasteiger partial charge in [0.2, 0.25) is 0 Å². The standard InChI is InChI=1S/C18H23FN2/c1-4-10-20-18(15-12-13(3)8-9-16(15)19)17-14(5-2)7-6-11-21-17/h6-9,11-12,18,20H,4-5,10H2,1-3H3. The molecule has 0 bridgehead atoms. The first-order valence-electron chi connectivity index (χ1n) is 7.60. The van der Waals surface area contributed by atoms with E-state index in [0.29, 0.717) is 5.56 Å². The molecule has 2 nitrogen and oxygen atoms in total. The number of rotatable bonds is 6. The normalized spacial score (nSPS) is 12.4. The Kier molecular flexibility index (Phi) is 5.45. The summed E-state index contributed by atoms with van der Waals surface area (Å²) in [6, 6.07) is 9.06. The van der Waals surface area contributed by atoms with E-state index in [-0.39, 0.29) is 11.9 Å². The molecule has 1 atom stereocenters. The molecule has 112 valence electrons. The highest BCUT2D eigenvalue weighted by molar-refractivity contribution is 5.35. The quantitative estimate of drug-likeness (QED) is 0.861. The number of aryl methyl sites for hydroxylation is 2. The average Bonchev–Trinajstić information content (AvgIpc) is 2.51. The molecule has 1 aromatic carbocycles. The molecule has 21 heavy (non-hydrogen) atoms. The summed E-state index contributed by atoms with van der Waals surface area (Å²) >= 11 is 0. The summed E-state index contributed by atoms with van der Waals surface area (Å²) in [6.45, 7) is 7.02. The minimum absolute atomic E-state index is 0.179. The van der Waals surface area contributed by atoms with E-state index in [1.807, 2.05) is 19.1 Å². The van der Waals surface area contributed by atoms with Gasteiger partial charge in [-0.2, -0.15) is 0 Å². The third-order valence-electron chi connectivity index (χ3n) is 3.64. The molecule has 2 rings (SSSR count). The van der Waals surface area contributed by atoms with Crippen LogP contribution in [0.4, 0.5) is 4.39 Å². The first-order chi connectivity index (χ1) is 10.2. The molecule has 2 aromatic rings. The Morgan fingerprint density at radius 1 is 1.24 bits per heavy atom. The first-order valence-corrected chi connectivity index (χ1v) is 7.60. The Hall–Kier alpha value is -1.74. The monoisotopic (exact) mass is 286 g/mol. The van der Waals surface area contributed by atoms with Crippen LogP contribution in [0.5, 0.6) is 0 Å². The van der Waals surface area contributed by atoms with Gasteiger partial charge in [0.25, 0.3) is 0 Å². The van der Waals surface area contributed by atoms with Crippen molar-refractivity contribution in [3.8, 4) is 0 Å². The second-order valence-electron chi connectivity index (χ2n) is 5.31. The van der Waals surface area contributed by atoms with Crippen molar-refractivity contribution in [3.05, 3.63) is 64.7 Å². The van der Waals surface area contributed by atoms with Gasteiger partial charge in [0.1, 0.15) is 5.82 Å². The minimum atomic E-state index is -0.194. The highest BCUT2D eigenvalue weighted by Crippen LogP contribution is 2.26. The first kappa shape index (κ1) is 15.6. The number of hydrogen-bond acceptors (Lipinski definition) is 2. The van der Waals surface area contributed by atoms with E-state index in [4.69, 9.17) is 0 Å². The van der Waals surface area contributed by atoms with Crippen molar-refractivity contribution in [1.82, 2.24) is 10.3 Å². The van der Waals surface area contributed by atoms with Gasteiger partial charge >= 0.3 is 0 Å². The van der Waals surface area contributed by atoms with Crippen molar-refractivity contribution < 1.29 is 4.39 Å². The summed E-state index contributed by atoms with van der Waals surface area (Å²) in [4.78, 5) is 4.52. The van der Waals surface area contributed by atoms with Crippen LogP contribution in [0.3, 0.4) is 0 Å². The molecule has 3 heteroatoms. The maximum absolute atomic E-state index is 14.3. The van der Waals surface area contributed by atoms with Crippen LogP contribution in [0.1, 0.15) is 48.7 Å². The number of pyridine rings is 1. The molecule has 1 N–H and O–H groups in total. The molecule has 0 aliphatic rings. The Labute approximate surface area is 126 Å². The van der Waals surface area contributed by atoms with Crippen LogP contribution in [-0.4, -0.2) is 11.5 Å². The molecule has 1 aromatic heterocycles. The summed E-state index contributed by atoms with van der Waals surface area (Å²) < 4.78 is 14.3. The second kappa shape index (κ2) is 7.32. The molecule has 0 saturated carbocycles. The van der Waals surface area contributed by atoms with E-state index in [1.54, 1.807) is 18.3 Å². The molecule has 0 fully saturated rings. The van der Waals surface area contributed by atoms with Crippen molar-refractivity contribution in [2.45, 2.75) is 39.7 Å². The third kappa shape index (κ3) is 3.67. The molecule has 1 heterocycles. The van der Waals surface area contributed by atoms with Crippen molar-refractivity contribution in [1.29, 1.82) is 0 Å². The van der Waals surface area contributed by atoms with Gasteiger partial charge in [-0.15, -0.1) is 0 Å². The van der Waals surface area contributed by atoms with Crippen LogP contribution >= 0.6 is 0 Å². The Balaban J connectivity index is 2.49. The van der Waals surface area contributed by atoms with Gasteiger partial charge in [-0.05, 0) is 44.0 Å². The van der Waals surface area contributed by atoms with Crippen molar-refractivity contribution >= 4 is 0 Å². The van der Waals surface area contributed by atoms with Gasteiger partial charge in [-0.3, -0.25) is 4.98 Å². The number of halogens is 1. The van der Waals surface area contributed by atoms with Crippen molar-refractivity contribution in [3.63, 3.8) is 0 Å². The second-order valence-corrected chi connectivity index (χ2v) is 5.31. The summed E-state index contributed by atoms with van der Waals surface area (Å²) in [6.07, 6.45) is 3.67. The van der Waals surface area contributed by atoms with Gasteiger partial charge in [0.05, 0.1) is 11.7 Å². The van der Waals surface area contributed by atoms with Gasteiger partial charge in [0.15, 0.2) is 0 Å². The Bertz CT molecular complexity index is 596. The third-order valence-corrected chi connectivity index (χ3v) is 3.64. The van der Waals surface area contributed by atoms with Crippen molar-refractivity contribution in [2.75, 3.05) is 6.54 Å². The zero-order chi connectivity index (χ0) is 15.2. The maximum atomic E-state index is 14.3. The van der Waals surface area contributed by atoms with Crippen LogP contribution in [0.15, 0.2) is 36.5 Å². The molecule has 0 radical (unpaired) electrons. The van der Waals surface area contributed by atoms with E-state index in [1.165, 1.54) is 0 Å². The number of nitrogens with zero attached hydrogens (tertiary/aromatic N) is 1. The lowest BCUT2D eigenvalue weighted by Gasteiger charge is -2.22. The van der Waals surface area contributed by atoms with Crippen LogP contribution in [0.2, 0.25) is 0 Å². The fourth-order valence-electron chi connectivity index (χ4n) is 2.54. The van der Waals surface area contributed by atoms with E-state index in [0.717, 1.165) is 36.2 Å². The summed E-state index contributed by atoms with van der Waals surface area (Å²) in [7, 11) is 0. The van der Waals surface area contributed by atoms with Crippen LogP contribution in [0, 0.1) is 12.7 Å². The topological polar surface area (TPSA) is 24.9 Å². The zero-order valence-corrected chi connectivity index (χ0v) is 13.0. The largest absolute Gasteiger partial charge is 0.305 e. The number of hydrogen-bond donors (Lipinski definition) is 1. The Morgan fingerprint density at radius 3 is 2.76 bits per heavy atom. The average molecular weight is 286 g/mol. The van der Waals surface area contributed by atoms with E-state index >= 15 is 0 Å². The minimum Gasteiger partial charge on any atom is -0.305 e. The van der Waals surface area contributed by atoms with Crippen molar-refractivity contribution in [2.24, 2.45) is 0 Å². The van der Waals surface area contributed by atoms with Gasteiger partial charge < -0.3 is 5.32 Å². The van der Waals surface area contributed by atoms with Gasteiger partial charge in [-0.25, -0.2) is 4.39 Å². The molecule has 0 spiro atoms. The lowest BCUT2D eigenvalue weighted by molar-refractivity contribution is 0.536. The molecular weight excluding hydrogens is 263 g/mol. The lowest BCUT2D eigenvalue weighted by Crippen LogP contribution is -2.26. The van der Waals surface area contributed by atoms with Gasteiger partial charge in [-0.1, -0.05) is 37.6 Å². The Morgan fingerprint density at radius 2 is 2.05 bits per heavy atom. The highest BCUT2D eigenvalue weighted by Gasteiger charge is 2.20. The summed E-state index contributed by atoms with van der Waals surface area (Å²) in [5.74, 6) is -0.179. The lowest BCUT2D eigenvalue weighted by atomic mass is 9.96. The van der Waals surface area contributed by atoms with Crippen LogP contribution in [-0.2, 0) is 6.42 Å². The van der Waals surface area contributed by atoms with E-state index in [9.17, 15) is 4.39 Å². The molecule has 0 aliphatic heterocycles. The van der Waals surface area contributed by atoms with Crippen LogP contribution in [0.25, 0.3) is 0 Å². The highest BCUT2D eigenvalue weighted by atomic mass is 19.1. The smallest absolute Gasteiger partial charge is 0.128 e. The molecule has 0 aliphatic carbocycles. The zero-order valence-electron chi connectivity index (χ0n) is 13.0. The van der Waals surface area contributed by atoms with E-state index in [2.05, 4.69) is 30.2 Å². The predicted octanol–water partition coefficient (Wildman–Crippen LogP) is 4.18. The fraction of sp³-hybridized carbons (Fsp3) is 0.389. The fourth-order valence-corrected chi connectivity index (χ4v) is 2.54. The number of aromatic nitrogens is 1. The maximum Gasteiger partial charge on any atom is 0.128 e. The molecular formula is C18H23FN2.